The maximum absolute atomic E-state index is 12.6. The van der Waals surface area contributed by atoms with Gasteiger partial charge in [0.2, 0.25) is 5.95 Å². The van der Waals surface area contributed by atoms with E-state index in [1.807, 2.05) is 0 Å². The third-order valence-corrected chi connectivity index (χ3v) is 5.32. The van der Waals surface area contributed by atoms with Crippen LogP contribution < -0.4 is 10.6 Å². The lowest BCUT2D eigenvalue weighted by Gasteiger charge is -2.18. The number of hydrogen-bond donors (Lipinski definition) is 1. The van der Waals surface area contributed by atoms with Crippen LogP contribution in [-0.2, 0) is 9.57 Å². The van der Waals surface area contributed by atoms with Crippen LogP contribution in [0.4, 0.5) is 5.95 Å². The molecule has 2 aromatic heterocycles. The zero-order valence-corrected chi connectivity index (χ0v) is 16.1. The molecule has 0 unspecified atom stereocenters. The minimum atomic E-state index is -0.232. The topological polar surface area (TPSA) is 85.3 Å². The second-order valence-corrected chi connectivity index (χ2v) is 7.53. The number of hydroxylamine groups is 1. The van der Waals surface area contributed by atoms with Crippen molar-refractivity contribution in [3.05, 3.63) is 45.4 Å². The molecule has 5 rings (SSSR count). The van der Waals surface area contributed by atoms with Crippen LogP contribution in [-0.4, -0.2) is 46.1 Å². The highest BCUT2D eigenvalue weighted by Gasteiger charge is 2.25. The minimum Gasteiger partial charge on any atom is -0.377 e. The van der Waals surface area contributed by atoms with Gasteiger partial charge in [0, 0.05) is 6.20 Å². The summed E-state index contributed by atoms with van der Waals surface area (Å²) in [7, 11) is 0. The predicted octanol–water partition coefficient (Wildman–Crippen LogP) is 2.37. The monoisotopic (exact) mass is 381 g/mol. The molecule has 1 saturated heterocycles. The fourth-order valence-electron chi connectivity index (χ4n) is 3.83. The quantitative estimate of drug-likeness (QED) is 0.750. The second kappa shape index (κ2) is 6.72. The molecule has 1 aromatic carbocycles. The van der Waals surface area contributed by atoms with Crippen molar-refractivity contribution >= 4 is 17.0 Å². The molecule has 3 heterocycles. The first-order chi connectivity index (χ1) is 13.6. The molecule has 146 valence electrons. The first-order valence-electron chi connectivity index (χ1n) is 9.69. The van der Waals surface area contributed by atoms with Gasteiger partial charge < -0.3 is 4.74 Å². The zero-order chi connectivity index (χ0) is 19.3. The van der Waals surface area contributed by atoms with Crippen molar-refractivity contribution in [1.29, 1.82) is 0 Å². The van der Waals surface area contributed by atoms with Crippen LogP contribution in [0.3, 0.4) is 0 Å². The summed E-state index contributed by atoms with van der Waals surface area (Å²) in [5.74, 6) is 1.05. The van der Waals surface area contributed by atoms with E-state index >= 15 is 0 Å². The largest absolute Gasteiger partial charge is 0.377 e. The molecular formula is C20H23N5O3. The number of H-pyrrole nitrogens is 1. The van der Waals surface area contributed by atoms with Crippen molar-refractivity contribution in [3.63, 3.8) is 0 Å². The maximum Gasteiger partial charge on any atom is 0.263 e. The molecule has 1 saturated carbocycles. The van der Waals surface area contributed by atoms with E-state index in [4.69, 9.17) is 9.57 Å². The van der Waals surface area contributed by atoms with E-state index in [2.05, 4.69) is 41.0 Å². The first kappa shape index (κ1) is 17.4. The number of benzene rings is 1. The van der Waals surface area contributed by atoms with Crippen LogP contribution in [0, 0.1) is 13.8 Å². The average molecular weight is 381 g/mol. The summed E-state index contributed by atoms with van der Waals surface area (Å²) in [4.78, 5) is 25.6. The number of aromatic amines is 1. The predicted molar refractivity (Wildman–Crippen MR) is 105 cm³/mol. The molecule has 0 bridgehead atoms. The zero-order valence-electron chi connectivity index (χ0n) is 16.1. The third-order valence-electron chi connectivity index (χ3n) is 5.32. The van der Waals surface area contributed by atoms with Crippen LogP contribution in [0.15, 0.2) is 23.1 Å². The standard InChI is InChI=1S/C20H23N5O3/c1-12-9-15(14-3-4-14)10-13(2)17(12)24-11-16-18(23-24)21-20(22-19(16)26)25-5-6-27-7-8-28-25/h9-11,14H,3-8H2,1-2H3,(H,21,22,23,26). The molecular weight excluding hydrogens is 358 g/mol. The van der Waals surface area contributed by atoms with Crippen LogP contribution in [0.25, 0.3) is 16.7 Å². The summed E-state index contributed by atoms with van der Waals surface area (Å²) in [5.41, 5.74) is 4.87. The SMILES string of the molecule is Cc1cc(C2CC2)cc(C)c1-n1cc2c(=O)[nH]c(N3CCOCCO3)nc2n1. The Hall–Kier alpha value is -2.71. The van der Waals surface area contributed by atoms with Crippen molar-refractivity contribution in [2.45, 2.75) is 32.6 Å². The molecule has 1 aliphatic carbocycles. The van der Waals surface area contributed by atoms with Gasteiger partial charge in [-0.2, -0.15) is 4.98 Å². The van der Waals surface area contributed by atoms with Gasteiger partial charge in [-0.3, -0.25) is 14.6 Å². The lowest BCUT2D eigenvalue weighted by Crippen LogP contribution is -2.29. The lowest BCUT2D eigenvalue weighted by molar-refractivity contribution is 0.0874. The molecule has 0 spiro atoms. The fourth-order valence-corrected chi connectivity index (χ4v) is 3.83. The molecule has 0 amide bonds. The number of nitrogens with one attached hydrogen (secondary N) is 1. The number of aromatic nitrogens is 4. The average Bonchev–Trinajstić information content (AvgIpc) is 3.46. The summed E-state index contributed by atoms with van der Waals surface area (Å²) in [6.45, 7) is 6.14. The number of aryl methyl sites for hydroxylation is 2. The van der Waals surface area contributed by atoms with Crippen LogP contribution in [0.5, 0.6) is 0 Å². The van der Waals surface area contributed by atoms with Gasteiger partial charge in [-0.1, -0.05) is 12.1 Å². The number of fused-ring (bicyclic) bond motifs is 1. The Labute approximate surface area is 162 Å². The molecule has 2 fully saturated rings. The van der Waals surface area contributed by atoms with Gasteiger partial charge in [0.25, 0.3) is 5.56 Å². The molecule has 0 radical (unpaired) electrons. The van der Waals surface area contributed by atoms with E-state index < -0.39 is 0 Å². The van der Waals surface area contributed by atoms with Crippen molar-refractivity contribution in [3.8, 4) is 5.69 Å². The van der Waals surface area contributed by atoms with Crippen LogP contribution in [0.2, 0.25) is 0 Å². The van der Waals surface area contributed by atoms with Gasteiger partial charge in [0.1, 0.15) is 5.39 Å². The Bertz CT molecular complexity index is 1070. The molecule has 2 aliphatic rings. The van der Waals surface area contributed by atoms with Crippen molar-refractivity contribution in [1.82, 2.24) is 19.7 Å². The number of rotatable bonds is 3. The van der Waals surface area contributed by atoms with Crippen LogP contribution in [0.1, 0.15) is 35.4 Å². The summed E-state index contributed by atoms with van der Waals surface area (Å²) >= 11 is 0. The summed E-state index contributed by atoms with van der Waals surface area (Å²) in [5, 5.41) is 6.63. The first-order valence-corrected chi connectivity index (χ1v) is 9.69. The number of hydrogen-bond acceptors (Lipinski definition) is 6. The molecule has 0 atom stereocenters. The minimum absolute atomic E-state index is 0.232. The summed E-state index contributed by atoms with van der Waals surface area (Å²) in [6, 6.07) is 4.47. The van der Waals surface area contributed by atoms with Crippen molar-refractivity contribution < 1.29 is 9.57 Å². The Morgan fingerprint density at radius 1 is 1.14 bits per heavy atom. The van der Waals surface area contributed by atoms with Gasteiger partial charge >= 0.3 is 0 Å². The van der Waals surface area contributed by atoms with E-state index in [0.717, 1.165) is 16.8 Å². The summed E-state index contributed by atoms with van der Waals surface area (Å²) in [6.07, 6.45) is 4.30. The Morgan fingerprint density at radius 3 is 2.68 bits per heavy atom. The van der Waals surface area contributed by atoms with E-state index in [0.29, 0.717) is 49.3 Å². The Morgan fingerprint density at radius 2 is 1.93 bits per heavy atom. The van der Waals surface area contributed by atoms with Crippen molar-refractivity contribution in [2.24, 2.45) is 0 Å². The fraction of sp³-hybridized carbons (Fsp3) is 0.450. The van der Waals surface area contributed by atoms with Crippen molar-refractivity contribution in [2.75, 3.05) is 31.4 Å². The molecule has 8 heteroatoms. The lowest BCUT2D eigenvalue weighted by atomic mass is 10.0. The number of ether oxygens (including phenoxy) is 1. The van der Waals surface area contributed by atoms with Crippen LogP contribution >= 0.6 is 0 Å². The molecule has 1 N–H and O–H groups in total. The van der Waals surface area contributed by atoms with Gasteiger partial charge in [-0.25, -0.2) is 9.75 Å². The van der Waals surface area contributed by atoms with Gasteiger partial charge in [-0.15, -0.1) is 5.10 Å². The van der Waals surface area contributed by atoms with Gasteiger partial charge in [0.15, 0.2) is 5.65 Å². The van der Waals surface area contributed by atoms with Gasteiger partial charge in [-0.05, 0) is 49.3 Å². The Kier molecular flexibility index (Phi) is 4.17. The molecule has 3 aromatic rings. The van der Waals surface area contributed by atoms with E-state index in [1.54, 1.807) is 15.9 Å². The number of anilines is 1. The van der Waals surface area contributed by atoms with Gasteiger partial charge in [0.05, 0.1) is 32.1 Å². The number of nitrogens with zero attached hydrogens (tertiary/aromatic N) is 4. The maximum atomic E-state index is 12.6. The molecule has 28 heavy (non-hydrogen) atoms. The second-order valence-electron chi connectivity index (χ2n) is 7.53. The summed E-state index contributed by atoms with van der Waals surface area (Å²) < 4.78 is 7.15. The third kappa shape index (κ3) is 3.08. The smallest absolute Gasteiger partial charge is 0.263 e. The Balaban J connectivity index is 1.56. The van der Waals surface area contributed by atoms with E-state index in [-0.39, 0.29) is 5.56 Å². The molecule has 1 aliphatic heterocycles. The normalized spacial score (nSPS) is 17.9. The van der Waals surface area contributed by atoms with E-state index in [1.165, 1.54) is 18.4 Å². The molecule has 8 nitrogen and oxygen atoms in total. The highest BCUT2D eigenvalue weighted by atomic mass is 16.7. The van der Waals surface area contributed by atoms with E-state index in [9.17, 15) is 4.79 Å². The highest BCUT2D eigenvalue weighted by molar-refractivity contribution is 5.75. The highest BCUT2D eigenvalue weighted by Crippen LogP contribution is 2.41.